The molecule has 0 aliphatic rings. The molecule has 2 heterocycles. The number of rotatable bonds is 3. The van der Waals surface area contributed by atoms with Gasteiger partial charge in [0, 0.05) is 23.5 Å². The normalized spacial score (nSPS) is 10.8. The minimum absolute atomic E-state index is 0.132. The summed E-state index contributed by atoms with van der Waals surface area (Å²) in [6.45, 7) is 0. The molecule has 126 valence electrons. The number of carboxylic acids is 1. The van der Waals surface area contributed by atoms with Gasteiger partial charge in [-0.3, -0.25) is 9.78 Å². The molecule has 0 atom stereocenters. The molecule has 4 aromatic rings. The first-order valence-electron chi connectivity index (χ1n) is 7.90. The number of aromatic nitrogens is 3. The zero-order chi connectivity index (χ0) is 18.1. The number of hydrogen-bond donors (Lipinski definition) is 2. The van der Waals surface area contributed by atoms with Crippen molar-refractivity contribution in [1.82, 2.24) is 15.0 Å². The van der Waals surface area contributed by atoms with E-state index in [0.29, 0.717) is 22.3 Å². The minimum Gasteiger partial charge on any atom is -0.478 e. The van der Waals surface area contributed by atoms with Crippen molar-refractivity contribution in [1.29, 1.82) is 0 Å². The number of aromatic carboxylic acids is 1. The van der Waals surface area contributed by atoms with Gasteiger partial charge in [-0.15, -0.1) is 0 Å². The predicted molar refractivity (Wildman–Crippen MR) is 98.0 cm³/mol. The van der Waals surface area contributed by atoms with Crippen LogP contribution in [0.5, 0.6) is 0 Å². The van der Waals surface area contributed by atoms with Crippen LogP contribution in [0.2, 0.25) is 0 Å². The van der Waals surface area contributed by atoms with Crippen LogP contribution in [0.1, 0.15) is 10.4 Å². The number of H-pyrrole nitrogens is 1. The fourth-order valence-corrected chi connectivity index (χ4v) is 2.76. The molecule has 0 aliphatic carbocycles. The number of carbonyl (C=O) groups is 1. The quantitative estimate of drug-likeness (QED) is 0.595. The maximum Gasteiger partial charge on any atom is 0.337 e. The molecule has 0 saturated carbocycles. The minimum atomic E-state index is -1.02. The Labute approximate surface area is 147 Å². The molecule has 6 nitrogen and oxygen atoms in total. The Hall–Kier alpha value is -3.80. The van der Waals surface area contributed by atoms with E-state index in [1.165, 1.54) is 6.20 Å². The number of nitrogens with one attached hydrogen (secondary N) is 1. The zero-order valence-electron chi connectivity index (χ0n) is 13.5. The fourth-order valence-electron chi connectivity index (χ4n) is 2.76. The summed E-state index contributed by atoms with van der Waals surface area (Å²) in [6, 6.07) is 16.1. The molecule has 6 heteroatoms. The largest absolute Gasteiger partial charge is 0.478 e. The SMILES string of the molecule is O=C(O)c1cncc(-c2ccc(-c3nc4ccccc4c(=O)[nH]3)cc2)c1. The molecule has 0 bridgehead atoms. The van der Waals surface area contributed by atoms with E-state index in [1.807, 2.05) is 30.3 Å². The molecule has 2 aromatic heterocycles. The van der Waals surface area contributed by atoms with Gasteiger partial charge in [-0.2, -0.15) is 0 Å². The molecule has 2 aromatic carbocycles. The van der Waals surface area contributed by atoms with Gasteiger partial charge >= 0.3 is 5.97 Å². The number of fused-ring (bicyclic) bond motifs is 1. The summed E-state index contributed by atoms with van der Waals surface area (Å²) >= 11 is 0. The lowest BCUT2D eigenvalue weighted by molar-refractivity contribution is 0.0696. The fraction of sp³-hybridized carbons (Fsp3) is 0. The Morgan fingerprint density at radius 1 is 0.923 bits per heavy atom. The predicted octanol–water partition coefficient (Wildman–Crippen LogP) is 3.35. The molecule has 0 spiro atoms. The molecule has 0 unspecified atom stereocenters. The highest BCUT2D eigenvalue weighted by atomic mass is 16.4. The standard InChI is InChI=1S/C20H13N3O3/c24-19-16-3-1-2-4-17(16)22-18(23-19)13-7-5-12(6-8-13)14-9-15(20(25)26)11-21-10-14/h1-11H,(H,25,26)(H,22,23,24). The summed E-state index contributed by atoms with van der Waals surface area (Å²) in [5, 5.41) is 9.63. The summed E-state index contributed by atoms with van der Waals surface area (Å²) in [7, 11) is 0. The number of para-hydroxylation sites is 1. The van der Waals surface area contributed by atoms with E-state index < -0.39 is 5.97 Å². The van der Waals surface area contributed by atoms with Gasteiger partial charge in [0.2, 0.25) is 0 Å². The zero-order valence-corrected chi connectivity index (χ0v) is 13.5. The average Bonchev–Trinajstić information content (AvgIpc) is 2.68. The molecule has 0 aliphatic heterocycles. The summed E-state index contributed by atoms with van der Waals surface area (Å²) in [5.41, 5.74) is 2.87. The van der Waals surface area contributed by atoms with Gasteiger partial charge in [-0.1, -0.05) is 36.4 Å². The molecule has 0 saturated heterocycles. The molecule has 2 N–H and O–H groups in total. The number of carboxylic acid groups (broad SMARTS) is 1. The third-order valence-corrected chi connectivity index (χ3v) is 4.09. The maximum absolute atomic E-state index is 12.2. The van der Waals surface area contributed by atoms with Crippen molar-refractivity contribution in [3.05, 3.63) is 82.9 Å². The summed E-state index contributed by atoms with van der Waals surface area (Å²) in [6.07, 6.45) is 2.92. The second-order valence-electron chi connectivity index (χ2n) is 5.78. The molecule has 4 rings (SSSR count). The third kappa shape index (κ3) is 2.84. The molecular formula is C20H13N3O3. The Bertz CT molecular complexity index is 1180. The lowest BCUT2D eigenvalue weighted by Gasteiger charge is -2.06. The van der Waals surface area contributed by atoms with E-state index in [2.05, 4.69) is 15.0 Å². The van der Waals surface area contributed by atoms with Crippen molar-refractivity contribution < 1.29 is 9.90 Å². The number of hydrogen-bond acceptors (Lipinski definition) is 4. The van der Waals surface area contributed by atoms with Crippen molar-refractivity contribution in [2.45, 2.75) is 0 Å². The van der Waals surface area contributed by atoms with Crippen molar-refractivity contribution in [3.63, 3.8) is 0 Å². The van der Waals surface area contributed by atoms with Gasteiger partial charge < -0.3 is 10.1 Å². The van der Waals surface area contributed by atoms with Crippen molar-refractivity contribution >= 4 is 16.9 Å². The first-order chi connectivity index (χ1) is 12.6. The van der Waals surface area contributed by atoms with Crippen LogP contribution in [0.25, 0.3) is 33.4 Å². The summed E-state index contributed by atoms with van der Waals surface area (Å²) in [5.74, 6) is -0.536. The van der Waals surface area contributed by atoms with Gasteiger partial charge in [0.15, 0.2) is 0 Å². The number of nitrogens with zero attached hydrogens (tertiary/aromatic N) is 2. The Balaban J connectivity index is 1.73. The Morgan fingerprint density at radius 2 is 1.65 bits per heavy atom. The molecule has 26 heavy (non-hydrogen) atoms. The van der Waals surface area contributed by atoms with Crippen LogP contribution in [0.4, 0.5) is 0 Å². The molecule has 0 amide bonds. The van der Waals surface area contributed by atoms with E-state index in [4.69, 9.17) is 5.11 Å². The van der Waals surface area contributed by atoms with Crippen LogP contribution in [0.3, 0.4) is 0 Å². The molecular weight excluding hydrogens is 330 g/mol. The summed E-state index contributed by atoms with van der Waals surface area (Å²) < 4.78 is 0. The monoisotopic (exact) mass is 343 g/mol. The van der Waals surface area contributed by atoms with E-state index >= 15 is 0 Å². The number of pyridine rings is 1. The molecule has 0 radical (unpaired) electrons. The van der Waals surface area contributed by atoms with Crippen LogP contribution in [0, 0.1) is 0 Å². The highest BCUT2D eigenvalue weighted by molar-refractivity contribution is 5.89. The van der Waals surface area contributed by atoms with Gasteiger partial charge in [-0.25, -0.2) is 9.78 Å². The molecule has 0 fully saturated rings. The van der Waals surface area contributed by atoms with Crippen molar-refractivity contribution in [2.24, 2.45) is 0 Å². The smallest absolute Gasteiger partial charge is 0.337 e. The van der Waals surface area contributed by atoms with Crippen molar-refractivity contribution in [3.8, 4) is 22.5 Å². The van der Waals surface area contributed by atoms with Crippen LogP contribution in [-0.4, -0.2) is 26.0 Å². The first-order valence-corrected chi connectivity index (χ1v) is 7.90. The lowest BCUT2D eigenvalue weighted by atomic mass is 10.0. The van der Waals surface area contributed by atoms with Gasteiger partial charge in [0.25, 0.3) is 5.56 Å². The lowest BCUT2D eigenvalue weighted by Crippen LogP contribution is -2.09. The van der Waals surface area contributed by atoms with Crippen molar-refractivity contribution in [2.75, 3.05) is 0 Å². The van der Waals surface area contributed by atoms with Crippen LogP contribution in [0.15, 0.2) is 71.8 Å². The Morgan fingerprint density at radius 3 is 2.42 bits per heavy atom. The van der Waals surface area contributed by atoms with Gasteiger partial charge in [0.05, 0.1) is 16.5 Å². The topological polar surface area (TPSA) is 95.9 Å². The number of aromatic amines is 1. The second-order valence-corrected chi connectivity index (χ2v) is 5.78. The van der Waals surface area contributed by atoms with E-state index in [0.717, 1.165) is 11.1 Å². The highest BCUT2D eigenvalue weighted by Gasteiger charge is 2.08. The van der Waals surface area contributed by atoms with E-state index in [-0.39, 0.29) is 11.1 Å². The third-order valence-electron chi connectivity index (χ3n) is 4.09. The maximum atomic E-state index is 12.2. The van der Waals surface area contributed by atoms with Crippen LogP contribution >= 0.6 is 0 Å². The van der Waals surface area contributed by atoms with Gasteiger partial charge in [-0.05, 0) is 23.8 Å². The van der Waals surface area contributed by atoms with Gasteiger partial charge in [0.1, 0.15) is 5.82 Å². The Kier molecular flexibility index (Phi) is 3.78. The highest BCUT2D eigenvalue weighted by Crippen LogP contribution is 2.23. The van der Waals surface area contributed by atoms with E-state index in [1.54, 1.807) is 30.5 Å². The van der Waals surface area contributed by atoms with Crippen LogP contribution < -0.4 is 5.56 Å². The summed E-state index contributed by atoms with van der Waals surface area (Å²) in [4.78, 5) is 34.5. The second kappa shape index (κ2) is 6.25. The first kappa shape index (κ1) is 15.7. The number of benzene rings is 2. The average molecular weight is 343 g/mol. The van der Waals surface area contributed by atoms with Crippen LogP contribution in [-0.2, 0) is 0 Å². The van der Waals surface area contributed by atoms with E-state index in [9.17, 15) is 9.59 Å².